The minimum Gasteiger partial charge on any atom is -0.452 e. The van der Waals surface area contributed by atoms with Crippen LogP contribution in [0.2, 0.25) is 0 Å². The van der Waals surface area contributed by atoms with E-state index in [1.165, 1.54) is 0 Å². The number of benzene rings is 2. The van der Waals surface area contributed by atoms with Gasteiger partial charge in [-0.1, -0.05) is 74.5 Å². The summed E-state index contributed by atoms with van der Waals surface area (Å²) in [6, 6.07) is 18.3. The first kappa shape index (κ1) is 20.2. The van der Waals surface area contributed by atoms with Gasteiger partial charge in [0.2, 0.25) is 0 Å². The highest BCUT2D eigenvalue weighted by molar-refractivity contribution is 5.96. The van der Waals surface area contributed by atoms with Crippen molar-refractivity contribution in [2.24, 2.45) is 11.7 Å². The summed E-state index contributed by atoms with van der Waals surface area (Å²) in [4.78, 5) is 35.6. The molecule has 27 heavy (non-hydrogen) atoms. The highest BCUT2D eigenvalue weighted by atomic mass is 16.5. The van der Waals surface area contributed by atoms with E-state index >= 15 is 0 Å². The Kier molecular flexibility index (Phi) is 7.11. The van der Waals surface area contributed by atoms with Gasteiger partial charge in [0.1, 0.15) is 0 Å². The Morgan fingerprint density at radius 1 is 0.926 bits per heavy atom. The van der Waals surface area contributed by atoms with Gasteiger partial charge in [0.05, 0.1) is 6.42 Å². The van der Waals surface area contributed by atoms with Crippen LogP contribution in [0.5, 0.6) is 0 Å². The SMILES string of the molecule is CC(C)[C@H](OC(=O)CC(c1ccccc1)c1ccccc1)C(=O)NC(N)=O. The van der Waals surface area contributed by atoms with E-state index in [0.717, 1.165) is 11.1 Å². The van der Waals surface area contributed by atoms with Gasteiger partial charge in [-0.25, -0.2) is 4.79 Å². The molecule has 0 aliphatic heterocycles. The molecule has 2 rings (SSSR count). The fourth-order valence-corrected chi connectivity index (χ4v) is 2.84. The molecular weight excluding hydrogens is 344 g/mol. The van der Waals surface area contributed by atoms with Crippen LogP contribution in [0.4, 0.5) is 4.79 Å². The zero-order chi connectivity index (χ0) is 19.8. The number of primary amides is 1. The molecule has 0 unspecified atom stereocenters. The van der Waals surface area contributed by atoms with Crippen molar-refractivity contribution < 1.29 is 19.1 Å². The molecule has 0 aliphatic carbocycles. The van der Waals surface area contributed by atoms with Crippen LogP contribution in [-0.2, 0) is 14.3 Å². The molecule has 0 spiro atoms. The first-order chi connectivity index (χ1) is 12.9. The lowest BCUT2D eigenvalue weighted by atomic mass is 9.88. The lowest BCUT2D eigenvalue weighted by Gasteiger charge is -2.22. The highest BCUT2D eigenvalue weighted by Crippen LogP contribution is 2.28. The number of urea groups is 1. The van der Waals surface area contributed by atoms with Gasteiger partial charge in [0.15, 0.2) is 6.10 Å². The van der Waals surface area contributed by atoms with E-state index in [1.54, 1.807) is 13.8 Å². The maximum Gasteiger partial charge on any atom is 0.318 e. The number of imide groups is 1. The number of nitrogens with one attached hydrogen (secondary N) is 1. The van der Waals surface area contributed by atoms with Crippen LogP contribution >= 0.6 is 0 Å². The Bertz CT molecular complexity index is 736. The summed E-state index contributed by atoms with van der Waals surface area (Å²) in [6.45, 7) is 3.45. The molecule has 6 heteroatoms. The number of nitrogens with two attached hydrogens (primary N) is 1. The van der Waals surface area contributed by atoms with Gasteiger partial charge in [-0.15, -0.1) is 0 Å². The smallest absolute Gasteiger partial charge is 0.318 e. The molecule has 3 N–H and O–H groups in total. The van der Waals surface area contributed by atoms with Gasteiger partial charge < -0.3 is 10.5 Å². The van der Waals surface area contributed by atoms with Crippen molar-refractivity contribution in [2.75, 3.05) is 0 Å². The van der Waals surface area contributed by atoms with Crippen molar-refractivity contribution in [3.8, 4) is 0 Å². The van der Waals surface area contributed by atoms with Crippen molar-refractivity contribution in [3.63, 3.8) is 0 Å². The standard InChI is InChI=1S/C21H24N2O4/c1-14(2)19(20(25)23-21(22)26)27-18(24)13-17(15-9-5-3-6-10-15)16-11-7-4-8-12-16/h3-12,14,17,19H,13H2,1-2H3,(H3,22,23,25,26)/t19-/m0/s1. The number of amides is 3. The number of rotatable bonds is 7. The summed E-state index contributed by atoms with van der Waals surface area (Å²) in [6.07, 6.45) is -1.02. The third-order valence-electron chi connectivity index (χ3n) is 4.14. The quantitative estimate of drug-likeness (QED) is 0.734. The second-order valence-electron chi connectivity index (χ2n) is 6.59. The fraction of sp³-hybridized carbons (Fsp3) is 0.286. The minimum atomic E-state index is -1.09. The summed E-state index contributed by atoms with van der Waals surface area (Å²) in [5.41, 5.74) is 6.93. The summed E-state index contributed by atoms with van der Waals surface area (Å²) in [5.74, 6) is -1.75. The molecule has 142 valence electrons. The third-order valence-corrected chi connectivity index (χ3v) is 4.14. The second kappa shape index (κ2) is 9.52. The lowest BCUT2D eigenvalue weighted by molar-refractivity contribution is -0.158. The normalized spacial score (nSPS) is 11.9. The van der Waals surface area contributed by atoms with Crippen LogP contribution in [0.1, 0.15) is 37.3 Å². The van der Waals surface area contributed by atoms with Crippen molar-refractivity contribution in [2.45, 2.75) is 32.3 Å². The molecule has 1 atom stereocenters. The molecule has 0 aliphatic rings. The molecule has 0 heterocycles. The van der Waals surface area contributed by atoms with Gasteiger partial charge in [-0.2, -0.15) is 0 Å². The van der Waals surface area contributed by atoms with Crippen molar-refractivity contribution in [1.82, 2.24) is 5.32 Å². The predicted molar refractivity (Wildman–Crippen MR) is 102 cm³/mol. The van der Waals surface area contributed by atoms with Crippen LogP contribution in [0, 0.1) is 5.92 Å². The van der Waals surface area contributed by atoms with Gasteiger partial charge in [-0.3, -0.25) is 14.9 Å². The average molecular weight is 368 g/mol. The maximum absolute atomic E-state index is 12.6. The van der Waals surface area contributed by atoms with Gasteiger partial charge in [0, 0.05) is 5.92 Å². The van der Waals surface area contributed by atoms with E-state index in [0.29, 0.717) is 0 Å². The molecule has 0 aromatic heterocycles. The van der Waals surface area contributed by atoms with Gasteiger partial charge in [-0.05, 0) is 17.0 Å². The van der Waals surface area contributed by atoms with Gasteiger partial charge >= 0.3 is 12.0 Å². The molecule has 0 radical (unpaired) electrons. The second-order valence-corrected chi connectivity index (χ2v) is 6.59. The Hall–Kier alpha value is -3.15. The maximum atomic E-state index is 12.6. The predicted octanol–water partition coefficient (Wildman–Crippen LogP) is 2.97. The summed E-state index contributed by atoms with van der Waals surface area (Å²) in [5, 5.41) is 1.97. The molecule has 0 saturated heterocycles. The zero-order valence-corrected chi connectivity index (χ0v) is 15.4. The summed E-state index contributed by atoms with van der Waals surface area (Å²) < 4.78 is 5.39. The van der Waals surface area contributed by atoms with Gasteiger partial charge in [0.25, 0.3) is 5.91 Å². The monoisotopic (exact) mass is 368 g/mol. The van der Waals surface area contributed by atoms with Crippen molar-refractivity contribution >= 4 is 17.9 Å². The summed E-state index contributed by atoms with van der Waals surface area (Å²) >= 11 is 0. The largest absolute Gasteiger partial charge is 0.452 e. The van der Waals surface area contributed by atoms with Crippen molar-refractivity contribution in [1.29, 1.82) is 0 Å². The lowest BCUT2D eigenvalue weighted by Crippen LogP contribution is -2.45. The van der Waals surface area contributed by atoms with Crippen LogP contribution in [-0.4, -0.2) is 24.0 Å². The number of carbonyl (C=O) groups excluding carboxylic acids is 3. The molecule has 0 fully saturated rings. The van der Waals surface area contributed by atoms with Crippen LogP contribution < -0.4 is 11.1 Å². The number of esters is 1. The van der Waals surface area contributed by atoms with Crippen LogP contribution in [0.15, 0.2) is 60.7 Å². The van der Waals surface area contributed by atoms with E-state index in [4.69, 9.17) is 10.5 Å². The highest BCUT2D eigenvalue weighted by Gasteiger charge is 2.29. The number of hydrogen-bond acceptors (Lipinski definition) is 4. The Balaban J connectivity index is 2.18. The zero-order valence-electron chi connectivity index (χ0n) is 15.4. The van der Waals surface area contributed by atoms with Crippen LogP contribution in [0.3, 0.4) is 0 Å². The topological polar surface area (TPSA) is 98.5 Å². The minimum absolute atomic E-state index is 0.0705. The number of ether oxygens (including phenoxy) is 1. The Morgan fingerprint density at radius 2 is 1.41 bits per heavy atom. The molecular formula is C21H24N2O4. The number of hydrogen-bond donors (Lipinski definition) is 2. The van der Waals surface area contributed by atoms with Crippen LogP contribution in [0.25, 0.3) is 0 Å². The average Bonchev–Trinajstić information content (AvgIpc) is 2.64. The van der Waals surface area contributed by atoms with E-state index in [-0.39, 0.29) is 18.3 Å². The first-order valence-electron chi connectivity index (χ1n) is 8.78. The van der Waals surface area contributed by atoms with E-state index in [1.807, 2.05) is 66.0 Å². The first-order valence-corrected chi connectivity index (χ1v) is 8.78. The Labute approximate surface area is 158 Å². The molecule has 2 aromatic carbocycles. The Morgan fingerprint density at radius 3 is 1.81 bits per heavy atom. The van der Waals surface area contributed by atoms with Crippen molar-refractivity contribution in [3.05, 3.63) is 71.8 Å². The molecule has 3 amide bonds. The fourth-order valence-electron chi connectivity index (χ4n) is 2.84. The van der Waals surface area contributed by atoms with E-state index < -0.39 is 24.0 Å². The molecule has 0 bridgehead atoms. The molecule has 0 saturated carbocycles. The number of carbonyl (C=O) groups is 3. The molecule has 2 aromatic rings. The third kappa shape index (κ3) is 5.95. The van der Waals surface area contributed by atoms with E-state index in [9.17, 15) is 14.4 Å². The summed E-state index contributed by atoms with van der Waals surface area (Å²) in [7, 11) is 0. The molecule has 6 nitrogen and oxygen atoms in total. The van der Waals surface area contributed by atoms with E-state index in [2.05, 4.69) is 0 Å².